The zero-order valence-electron chi connectivity index (χ0n) is 12.6. The number of anilines is 1. The Morgan fingerprint density at radius 3 is 2.45 bits per heavy atom. The summed E-state index contributed by atoms with van der Waals surface area (Å²) in [7, 11) is 0. The van der Waals surface area contributed by atoms with Gasteiger partial charge in [-0.2, -0.15) is 0 Å². The predicted molar refractivity (Wildman–Crippen MR) is 83.7 cm³/mol. The van der Waals surface area contributed by atoms with E-state index in [1.165, 1.54) is 19.3 Å². The highest BCUT2D eigenvalue weighted by atomic mass is 19.1. The van der Waals surface area contributed by atoms with Crippen LogP contribution in [0.15, 0.2) is 18.2 Å². The van der Waals surface area contributed by atoms with Crippen molar-refractivity contribution < 1.29 is 4.39 Å². The minimum absolute atomic E-state index is 0.0913. The van der Waals surface area contributed by atoms with Crippen LogP contribution in [-0.2, 0) is 6.42 Å². The van der Waals surface area contributed by atoms with E-state index in [0.717, 1.165) is 50.0 Å². The first kappa shape index (κ1) is 15.3. The smallest absolute Gasteiger partial charge is 0.146 e. The van der Waals surface area contributed by atoms with Crippen LogP contribution in [0.5, 0.6) is 0 Å². The molecule has 1 unspecified atom stereocenters. The van der Waals surface area contributed by atoms with Crippen LogP contribution in [0.25, 0.3) is 0 Å². The van der Waals surface area contributed by atoms with Gasteiger partial charge in [0.2, 0.25) is 0 Å². The number of nitrogens with zero attached hydrogens (tertiary/aromatic N) is 1. The molecule has 0 bridgehead atoms. The van der Waals surface area contributed by atoms with E-state index in [-0.39, 0.29) is 11.9 Å². The zero-order valence-corrected chi connectivity index (χ0v) is 12.6. The van der Waals surface area contributed by atoms with E-state index in [2.05, 4.69) is 11.8 Å². The van der Waals surface area contributed by atoms with Crippen LogP contribution in [0.2, 0.25) is 0 Å². The van der Waals surface area contributed by atoms with E-state index < -0.39 is 0 Å². The van der Waals surface area contributed by atoms with Gasteiger partial charge in [0.05, 0.1) is 5.69 Å². The predicted octanol–water partition coefficient (Wildman–Crippen LogP) is 3.88. The quantitative estimate of drug-likeness (QED) is 0.905. The first-order valence-electron chi connectivity index (χ1n) is 8.00. The number of benzene rings is 1. The first-order valence-corrected chi connectivity index (χ1v) is 8.00. The average Bonchev–Trinajstić information content (AvgIpc) is 2.40. The lowest BCUT2D eigenvalue weighted by Crippen LogP contribution is -2.30. The van der Waals surface area contributed by atoms with Crippen molar-refractivity contribution in [3.8, 4) is 0 Å². The number of para-hydroxylation sites is 1. The van der Waals surface area contributed by atoms with Crippen LogP contribution >= 0.6 is 0 Å². The van der Waals surface area contributed by atoms with E-state index in [1.54, 1.807) is 12.1 Å². The number of hydrogen-bond donors (Lipinski definition) is 1. The monoisotopic (exact) mass is 278 g/mol. The average molecular weight is 278 g/mol. The Morgan fingerprint density at radius 2 is 1.80 bits per heavy atom. The Bertz CT molecular complexity index is 411. The summed E-state index contributed by atoms with van der Waals surface area (Å²) < 4.78 is 14.3. The molecule has 0 saturated carbocycles. The molecule has 0 radical (unpaired) electrons. The second-order valence-corrected chi connectivity index (χ2v) is 5.87. The molecule has 0 aromatic heterocycles. The first-order chi connectivity index (χ1) is 9.72. The standard InChI is InChI=1S/C17H27FN2/c1-2-15(19)13-14-9-8-10-16(18)17(14)20-11-6-4-3-5-7-12-20/h8-10,15H,2-7,11-13,19H2,1H3. The van der Waals surface area contributed by atoms with E-state index >= 15 is 0 Å². The van der Waals surface area contributed by atoms with E-state index in [9.17, 15) is 4.39 Å². The molecule has 0 spiro atoms. The molecule has 2 rings (SSSR count). The summed E-state index contributed by atoms with van der Waals surface area (Å²) in [5.41, 5.74) is 7.94. The van der Waals surface area contributed by atoms with E-state index in [0.29, 0.717) is 0 Å². The van der Waals surface area contributed by atoms with Crippen LogP contribution < -0.4 is 10.6 Å². The lowest BCUT2D eigenvalue weighted by atomic mass is 10.0. The summed E-state index contributed by atoms with van der Waals surface area (Å²) in [5, 5.41) is 0. The Morgan fingerprint density at radius 1 is 1.15 bits per heavy atom. The van der Waals surface area contributed by atoms with Crippen LogP contribution in [-0.4, -0.2) is 19.1 Å². The molecule has 1 aromatic carbocycles. The van der Waals surface area contributed by atoms with Gasteiger partial charge in [-0.1, -0.05) is 38.3 Å². The summed E-state index contributed by atoms with van der Waals surface area (Å²) in [6.07, 6.45) is 7.85. The molecule has 1 atom stereocenters. The number of nitrogens with two attached hydrogens (primary N) is 1. The fourth-order valence-corrected chi connectivity index (χ4v) is 2.98. The minimum Gasteiger partial charge on any atom is -0.369 e. The molecule has 20 heavy (non-hydrogen) atoms. The molecule has 1 saturated heterocycles. The fraction of sp³-hybridized carbons (Fsp3) is 0.647. The third kappa shape index (κ3) is 3.95. The lowest BCUT2D eigenvalue weighted by Gasteiger charge is -2.29. The van der Waals surface area contributed by atoms with Crippen LogP contribution in [0.3, 0.4) is 0 Å². The van der Waals surface area contributed by atoms with Gasteiger partial charge in [-0.3, -0.25) is 0 Å². The maximum atomic E-state index is 14.3. The highest BCUT2D eigenvalue weighted by molar-refractivity contribution is 5.55. The largest absolute Gasteiger partial charge is 0.369 e. The number of halogens is 1. The molecule has 112 valence electrons. The lowest BCUT2D eigenvalue weighted by molar-refractivity contribution is 0.541. The van der Waals surface area contributed by atoms with Crippen molar-refractivity contribution in [1.82, 2.24) is 0 Å². The van der Waals surface area contributed by atoms with Crippen LogP contribution in [0.1, 0.15) is 51.0 Å². The maximum Gasteiger partial charge on any atom is 0.146 e. The molecule has 1 aliphatic heterocycles. The van der Waals surface area contributed by atoms with Crippen molar-refractivity contribution >= 4 is 5.69 Å². The topological polar surface area (TPSA) is 29.3 Å². The normalized spacial score (nSPS) is 18.4. The summed E-state index contributed by atoms with van der Waals surface area (Å²) in [4.78, 5) is 2.24. The summed E-state index contributed by atoms with van der Waals surface area (Å²) in [6.45, 7) is 4.02. The van der Waals surface area contributed by atoms with Crippen molar-refractivity contribution in [2.45, 2.75) is 57.9 Å². The minimum atomic E-state index is -0.0913. The third-order valence-corrected chi connectivity index (χ3v) is 4.25. The summed E-state index contributed by atoms with van der Waals surface area (Å²) in [6, 6.07) is 5.54. The summed E-state index contributed by atoms with van der Waals surface area (Å²) >= 11 is 0. The van der Waals surface area contributed by atoms with Gasteiger partial charge < -0.3 is 10.6 Å². The molecule has 1 fully saturated rings. The molecule has 1 heterocycles. The molecule has 2 N–H and O–H groups in total. The fourth-order valence-electron chi connectivity index (χ4n) is 2.98. The Hall–Kier alpha value is -1.09. The highest BCUT2D eigenvalue weighted by Crippen LogP contribution is 2.28. The third-order valence-electron chi connectivity index (χ3n) is 4.25. The van der Waals surface area contributed by atoms with Crippen LogP contribution in [0.4, 0.5) is 10.1 Å². The van der Waals surface area contributed by atoms with Gasteiger partial charge in [-0.05, 0) is 37.3 Å². The van der Waals surface area contributed by atoms with Gasteiger partial charge in [0.15, 0.2) is 0 Å². The second kappa shape index (κ2) is 7.63. The van der Waals surface area contributed by atoms with Crippen LogP contribution in [0, 0.1) is 5.82 Å². The highest BCUT2D eigenvalue weighted by Gasteiger charge is 2.18. The number of rotatable bonds is 4. The van der Waals surface area contributed by atoms with E-state index in [1.807, 2.05) is 6.07 Å². The van der Waals surface area contributed by atoms with E-state index in [4.69, 9.17) is 5.73 Å². The zero-order chi connectivity index (χ0) is 14.4. The van der Waals surface area contributed by atoms with Gasteiger partial charge in [-0.15, -0.1) is 0 Å². The van der Waals surface area contributed by atoms with Gasteiger partial charge in [0.25, 0.3) is 0 Å². The second-order valence-electron chi connectivity index (χ2n) is 5.87. The molecular formula is C17H27FN2. The molecule has 2 nitrogen and oxygen atoms in total. The van der Waals surface area contributed by atoms with Crippen molar-refractivity contribution in [2.75, 3.05) is 18.0 Å². The SMILES string of the molecule is CCC(N)Cc1cccc(F)c1N1CCCCCCC1. The molecule has 1 aromatic rings. The van der Waals surface area contributed by atoms with Gasteiger partial charge in [0.1, 0.15) is 5.82 Å². The molecule has 3 heteroatoms. The van der Waals surface area contributed by atoms with Gasteiger partial charge in [0, 0.05) is 19.1 Å². The van der Waals surface area contributed by atoms with Gasteiger partial charge >= 0.3 is 0 Å². The molecule has 1 aliphatic rings. The van der Waals surface area contributed by atoms with Crippen molar-refractivity contribution in [3.05, 3.63) is 29.6 Å². The van der Waals surface area contributed by atoms with Crippen molar-refractivity contribution in [3.63, 3.8) is 0 Å². The maximum absolute atomic E-state index is 14.3. The Balaban J connectivity index is 2.22. The molecule has 0 aliphatic carbocycles. The Labute approximate surface area is 122 Å². The molecule has 0 amide bonds. The Kier molecular flexibility index (Phi) is 5.84. The number of hydrogen-bond acceptors (Lipinski definition) is 2. The summed E-state index contributed by atoms with van der Waals surface area (Å²) in [5.74, 6) is -0.0913. The van der Waals surface area contributed by atoms with Crippen molar-refractivity contribution in [2.24, 2.45) is 5.73 Å². The van der Waals surface area contributed by atoms with Gasteiger partial charge in [-0.25, -0.2) is 4.39 Å². The molecular weight excluding hydrogens is 251 g/mol. The van der Waals surface area contributed by atoms with Crippen molar-refractivity contribution in [1.29, 1.82) is 0 Å².